The SMILES string of the molecule is OC/C=C/[C@](F)(OC(F)(F)C(F)(F)C(F)(F)F)C(F)(F)F. The van der Waals surface area contributed by atoms with Crippen molar-refractivity contribution in [2.75, 3.05) is 6.61 Å². The van der Waals surface area contributed by atoms with Crippen molar-refractivity contribution in [2.24, 2.45) is 0 Å². The Morgan fingerprint density at radius 3 is 1.48 bits per heavy atom. The lowest BCUT2D eigenvalue weighted by atomic mass is 10.2. The molecule has 0 saturated heterocycles. The molecule has 0 rings (SSSR count). The molecule has 2 nitrogen and oxygen atoms in total. The summed E-state index contributed by atoms with van der Waals surface area (Å²) in [4.78, 5) is 0. The van der Waals surface area contributed by atoms with Gasteiger partial charge in [-0.15, -0.1) is 0 Å². The van der Waals surface area contributed by atoms with Crippen molar-refractivity contribution in [3.05, 3.63) is 12.2 Å². The maximum Gasteiger partial charge on any atom is 0.462 e. The molecule has 0 amide bonds. The van der Waals surface area contributed by atoms with Gasteiger partial charge in [0.05, 0.1) is 6.61 Å². The van der Waals surface area contributed by atoms with Crippen molar-refractivity contribution in [3.8, 4) is 0 Å². The first kappa shape index (κ1) is 19.9. The van der Waals surface area contributed by atoms with Crippen molar-refractivity contribution < 1.29 is 58.1 Å². The van der Waals surface area contributed by atoms with Gasteiger partial charge in [-0.3, -0.25) is 4.74 Å². The van der Waals surface area contributed by atoms with Gasteiger partial charge in [0.1, 0.15) is 0 Å². The van der Waals surface area contributed by atoms with Crippen molar-refractivity contribution in [1.82, 2.24) is 0 Å². The summed E-state index contributed by atoms with van der Waals surface area (Å²) in [7, 11) is 0. The Bertz CT molecular complexity index is 383. The third kappa shape index (κ3) is 3.96. The van der Waals surface area contributed by atoms with Gasteiger partial charge in [-0.05, 0) is 6.08 Å². The topological polar surface area (TPSA) is 29.5 Å². The Hall–Kier alpha value is -1.11. The molecule has 1 N–H and O–H groups in total. The Kier molecular flexibility index (Phi) is 5.29. The van der Waals surface area contributed by atoms with E-state index in [0.717, 1.165) is 0 Å². The van der Waals surface area contributed by atoms with Crippen molar-refractivity contribution in [3.63, 3.8) is 0 Å². The minimum absolute atomic E-state index is 0.171. The van der Waals surface area contributed by atoms with Gasteiger partial charge in [0.15, 0.2) is 0 Å². The van der Waals surface area contributed by atoms with Gasteiger partial charge in [0.2, 0.25) is 0 Å². The molecule has 21 heavy (non-hydrogen) atoms. The fraction of sp³-hybridized carbons (Fsp3) is 0.750. The number of halogens is 11. The smallest absolute Gasteiger partial charge is 0.392 e. The van der Waals surface area contributed by atoms with Gasteiger partial charge in [-0.2, -0.15) is 48.3 Å². The van der Waals surface area contributed by atoms with E-state index in [9.17, 15) is 48.3 Å². The molecule has 0 bridgehead atoms. The molecule has 0 fully saturated rings. The summed E-state index contributed by atoms with van der Waals surface area (Å²) in [5.74, 6) is -12.8. The van der Waals surface area contributed by atoms with Crippen LogP contribution in [0.3, 0.4) is 0 Å². The number of ether oxygens (including phenoxy) is 1. The molecule has 0 spiro atoms. The Morgan fingerprint density at radius 1 is 0.762 bits per heavy atom. The first-order valence-electron chi connectivity index (χ1n) is 4.58. The summed E-state index contributed by atoms with van der Waals surface area (Å²) < 4.78 is 137. The normalized spacial score (nSPS) is 18.1. The molecule has 1 atom stereocenters. The largest absolute Gasteiger partial charge is 0.462 e. The van der Waals surface area contributed by atoms with Crippen LogP contribution in [0.1, 0.15) is 0 Å². The molecular formula is C8H5F11O2. The standard InChI is InChI=1S/C8H5F11O2/c9-4(2-1-3-20,6(12,13)14)21-8(18,19)5(10,11)7(15,16)17/h1-2,20H,3H2/b2-1+/t4-/m0/s1. The van der Waals surface area contributed by atoms with Gasteiger partial charge in [0, 0.05) is 0 Å². The van der Waals surface area contributed by atoms with Crippen LogP contribution in [0.25, 0.3) is 0 Å². The van der Waals surface area contributed by atoms with Crippen LogP contribution in [0.15, 0.2) is 12.2 Å². The number of hydrogen-bond acceptors (Lipinski definition) is 2. The van der Waals surface area contributed by atoms with E-state index in [1.807, 2.05) is 0 Å². The van der Waals surface area contributed by atoms with E-state index in [4.69, 9.17) is 5.11 Å². The quantitative estimate of drug-likeness (QED) is 0.611. The second kappa shape index (κ2) is 5.59. The van der Waals surface area contributed by atoms with Crippen LogP contribution >= 0.6 is 0 Å². The Labute approximate surface area is 108 Å². The first-order valence-corrected chi connectivity index (χ1v) is 4.58. The van der Waals surface area contributed by atoms with Crippen molar-refractivity contribution in [1.29, 1.82) is 0 Å². The first-order chi connectivity index (χ1) is 9.02. The van der Waals surface area contributed by atoms with Crippen LogP contribution in [0.4, 0.5) is 48.3 Å². The molecule has 0 saturated carbocycles. The third-order valence-electron chi connectivity index (χ3n) is 1.82. The van der Waals surface area contributed by atoms with E-state index in [-0.39, 0.29) is 6.08 Å². The third-order valence-corrected chi connectivity index (χ3v) is 1.82. The molecule has 0 aromatic heterocycles. The number of aliphatic hydroxyl groups excluding tert-OH is 1. The summed E-state index contributed by atoms with van der Waals surface area (Å²) in [6.45, 7) is -1.35. The van der Waals surface area contributed by atoms with E-state index in [1.165, 1.54) is 0 Å². The molecule has 126 valence electrons. The van der Waals surface area contributed by atoms with E-state index in [1.54, 1.807) is 0 Å². The zero-order valence-corrected chi connectivity index (χ0v) is 9.37. The molecule has 0 unspecified atom stereocenters. The van der Waals surface area contributed by atoms with Crippen LogP contribution in [0, 0.1) is 0 Å². The molecule has 0 aliphatic rings. The van der Waals surface area contributed by atoms with E-state index in [0.29, 0.717) is 0 Å². The monoisotopic (exact) mass is 342 g/mol. The second-order valence-corrected chi connectivity index (χ2v) is 3.42. The van der Waals surface area contributed by atoms with Crippen LogP contribution in [-0.2, 0) is 4.74 Å². The summed E-state index contributed by atoms with van der Waals surface area (Å²) in [5.41, 5.74) is 0. The predicted molar refractivity (Wildman–Crippen MR) is 43.2 cm³/mol. The molecule has 0 aromatic carbocycles. The van der Waals surface area contributed by atoms with Crippen LogP contribution in [-0.4, -0.2) is 42.0 Å². The summed E-state index contributed by atoms with van der Waals surface area (Å²) in [6, 6.07) is 0. The highest BCUT2D eigenvalue weighted by molar-refractivity contribution is 5.02. The predicted octanol–water partition coefficient (Wildman–Crippen LogP) is 3.57. The zero-order valence-electron chi connectivity index (χ0n) is 9.37. The average molecular weight is 342 g/mol. The molecule has 0 aliphatic carbocycles. The fourth-order valence-corrected chi connectivity index (χ4v) is 0.806. The molecular weight excluding hydrogens is 337 g/mol. The molecule has 0 aromatic rings. The van der Waals surface area contributed by atoms with Crippen LogP contribution in [0.2, 0.25) is 0 Å². The molecule has 13 heteroatoms. The van der Waals surface area contributed by atoms with Crippen LogP contribution in [0.5, 0.6) is 0 Å². The Morgan fingerprint density at radius 2 is 1.19 bits per heavy atom. The molecule has 0 radical (unpaired) electrons. The van der Waals surface area contributed by atoms with Crippen molar-refractivity contribution in [2.45, 2.75) is 30.2 Å². The minimum Gasteiger partial charge on any atom is -0.392 e. The fourth-order valence-electron chi connectivity index (χ4n) is 0.806. The summed E-state index contributed by atoms with van der Waals surface area (Å²) in [5, 5.41) is 8.09. The van der Waals surface area contributed by atoms with Gasteiger partial charge < -0.3 is 5.11 Å². The highest BCUT2D eigenvalue weighted by Gasteiger charge is 2.77. The van der Waals surface area contributed by atoms with Gasteiger partial charge >= 0.3 is 30.2 Å². The second-order valence-electron chi connectivity index (χ2n) is 3.42. The maximum atomic E-state index is 13.2. The maximum absolute atomic E-state index is 13.2. The van der Waals surface area contributed by atoms with Gasteiger partial charge in [-0.25, -0.2) is 0 Å². The molecule has 0 heterocycles. The van der Waals surface area contributed by atoms with Gasteiger partial charge in [0.25, 0.3) is 0 Å². The molecule has 0 aliphatic heterocycles. The number of rotatable bonds is 5. The lowest BCUT2D eigenvalue weighted by Crippen LogP contribution is -2.58. The van der Waals surface area contributed by atoms with Gasteiger partial charge in [-0.1, -0.05) is 6.08 Å². The van der Waals surface area contributed by atoms with E-state index in [2.05, 4.69) is 4.74 Å². The highest BCUT2D eigenvalue weighted by Crippen LogP contribution is 2.51. The zero-order chi connectivity index (χ0) is 17.3. The number of hydrogen-bond donors (Lipinski definition) is 1. The Balaban J connectivity index is 5.70. The van der Waals surface area contributed by atoms with Crippen molar-refractivity contribution >= 4 is 0 Å². The lowest BCUT2D eigenvalue weighted by molar-refractivity contribution is -0.473. The minimum atomic E-state index is -7.09. The van der Waals surface area contributed by atoms with E-state index < -0.39 is 42.9 Å². The number of aliphatic hydroxyl groups is 1. The summed E-state index contributed by atoms with van der Waals surface area (Å²) >= 11 is 0. The van der Waals surface area contributed by atoms with E-state index >= 15 is 0 Å². The average Bonchev–Trinajstić information content (AvgIpc) is 2.22. The van der Waals surface area contributed by atoms with Crippen LogP contribution < -0.4 is 0 Å². The summed E-state index contributed by atoms with van der Waals surface area (Å²) in [6.07, 6.45) is -21.4. The lowest BCUT2D eigenvalue weighted by Gasteiger charge is -2.33. The highest BCUT2D eigenvalue weighted by atomic mass is 19.4. The number of alkyl halides is 11.